The molecule has 118 valence electrons. The molecule has 4 heteroatoms. The predicted octanol–water partition coefficient (Wildman–Crippen LogP) is 3.89. The van der Waals surface area contributed by atoms with E-state index >= 15 is 0 Å². The number of fused-ring (bicyclic) bond motifs is 1. The molecular formula is C19H19NO3. The third kappa shape index (κ3) is 2.68. The molecule has 2 aromatic carbocycles. The van der Waals surface area contributed by atoms with Gasteiger partial charge in [0.25, 0.3) is 0 Å². The summed E-state index contributed by atoms with van der Waals surface area (Å²) in [5.74, 6) is 1.37. The summed E-state index contributed by atoms with van der Waals surface area (Å²) < 4.78 is 13.4. The Labute approximate surface area is 135 Å². The first-order valence-corrected chi connectivity index (χ1v) is 7.44. The van der Waals surface area contributed by atoms with Gasteiger partial charge in [0.15, 0.2) is 6.29 Å². The number of aromatic nitrogens is 1. The lowest BCUT2D eigenvalue weighted by Crippen LogP contribution is -1.97. The Morgan fingerprint density at radius 2 is 1.91 bits per heavy atom. The molecule has 1 aromatic heterocycles. The van der Waals surface area contributed by atoms with E-state index in [0.717, 1.165) is 28.4 Å². The fraction of sp³-hybridized carbons (Fsp3) is 0.211. The Hall–Kier alpha value is -2.75. The van der Waals surface area contributed by atoms with E-state index in [1.54, 1.807) is 7.11 Å². The number of benzene rings is 2. The van der Waals surface area contributed by atoms with Gasteiger partial charge in [0.05, 0.1) is 18.0 Å². The monoisotopic (exact) mass is 309 g/mol. The van der Waals surface area contributed by atoms with E-state index in [-0.39, 0.29) is 0 Å². The van der Waals surface area contributed by atoms with Crippen molar-refractivity contribution >= 4 is 17.2 Å². The zero-order valence-electron chi connectivity index (χ0n) is 13.5. The van der Waals surface area contributed by atoms with E-state index < -0.39 is 0 Å². The highest BCUT2D eigenvalue weighted by molar-refractivity contribution is 6.03. The van der Waals surface area contributed by atoms with Crippen LogP contribution in [0.2, 0.25) is 0 Å². The summed E-state index contributed by atoms with van der Waals surface area (Å²) >= 11 is 0. The number of hydrogen-bond acceptors (Lipinski definition) is 3. The average Bonchev–Trinajstić information content (AvgIpc) is 2.84. The van der Waals surface area contributed by atoms with Crippen molar-refractivity contribution in [2.75, 3.05) is 7.11 Å². The molecule has 0 saturated heterocycles. The molecule has 3 aromatic rings. The first kappa shape index (κ1) is 15.2. The van der Waals surface area contributed by atoms with E-state index in [2.05, 4.69) is 0 Å². The van der Waals surface area contributed by atoms with Crippen molar-refractivity contribution in [3.05, 3.63) is 59.3 Å². The van der Waals surface area contributed by atoms with Gasteiger partial charge in [-0.3, -0.25) is 4.79 Å². The Bertz CT molecular complexity index is 850. The molecule has 3 rings (SSSR count). The number of carbonyl (C=O) groups excluding carboxylic acids is 1. The van der Waals surface area contributed by atoms with Crippen LogP contribution in [0.5, 0.6) is 11.5 Å². The molecule has 0 fully saturated rings. The second-order valence-electron chi connectivity index (χ2n) is 5.47. The summed E-state index contributed by atoms with van der Waals surface area (Å²) in [7, 11) is 3.56. The van der Waals surface area contributed by atoms with E-state index in [9.17, 15) is 4.79 Å². The number of carbonyl (C=O) groups is 1. The van der Waals surface area contributed by atoms with Gasteiger partial charge in [-0.2, -0.15) is 0 Å². The molecular weight excluding hydrogens is 290 g/mol. The lowest BCUT2D eigenvalue weighted by molar-refractivity contribution is 0.112. The molecule has 0 aliphatic rings. The first-order valence-electron chi connectivity index (χ1n) is 7.44. The fourth-order valence-electron chi connectivity index (χ4n) is 2.76. The van der Waals surface area contributed by atoms with Crippen LogP contribution in [0.1, 0.15) is 21.6 Å². The number of nitrogens with zero attached hydrogens (tertiary/aromatic N) is 1. The van der Waals surface area contributed by atoms with Crippen LogP contribution in [0.4, 0.5) is 0 Å². The quantitative estimate of drug-likeness (QED) is 0.671. The molecule has 0 saturated carbocycles. The largest absolute Gasteiger partial charge is 0.497 e. The summed E-state index contributed by atoms with van der Waals surface area (Å²) in [6.45, 7) is 2.37. The summed E-state index contributed by atoms with van der Waals surface area (Å²) in [5, 5.41) is 0.830. The zero-order valence-corrected chi connectivity index (χ0v) is 13.5. The Balaban J connectivity index is 2.10. The molecule has 0 aliphatic carbocycles. The molecule has 0 spiro atoms. The van der Waals surface area contributed by atoms with Gasteiger partial charge in [-0.1, -0.05) is 30.3 Å². The van der Waals surface area contributed by atoms with E-state index in [4.69, 9.17) is 9.47 Å². The Morgan fingerprint density at radius 1 is 1.17 bits per heavy atom. The summed E-state index contributed by atoms with van der Waals surface area (Å²) in [5.41, 5.74) is 3.57. The van der Waals surface area contributed by atoms with Crippen molar-refractivity contribution in [1.29, 1.82) is 0 Å². The third-order valence-electron chi connectivity index (χ3n) is 4.17. The maximum atomic E-state index is 11.5. The van der Waals surface area contributed by atoms with Crippen LogP contribution < -0.4 is 9.47 Å². The maximum absolute atomic E-state index is 11.5. The van der Waals surface area contributed by atoms with Gasteiger partial charge in [-0.15, -0.1) is 0 Å². The lowest BCUT2D eigenvalue weighted by atomic mass is 10.1. The van der Waals surface area contributed by atoms with Crippen LogP contribution in [-0.2, 0) is 13.7 Å². The second kappa shape index (κ2) is 6.16. The molecule has 0 unspecified atom stereocenters. The summed E-state index contributed by atoms with van der Waals surface area (Å²) in [6.07, 6.45) is 0.888. The summed E-state index contributed by atoms with van der Waals surface area (Å²) in [6, 6.07) is 13.7. The van der Waals surface area contributed by atoms with Crippen molar-refractivity contribution < 1.29 is 14.3 Å². The van der Waals surface area contributed by atoms with Gasteiger partial charge >= 0.3 is 0 Å². The SMILES string of the molecule is COc1cc(OCc2ccccc2)c2c(C=O)c(C)n(C)c2c1. The van der Waals surface area contributed by atoms with Gasteiger partial charge < -0.3 is 14.0 Å². The Kier molecular flexibility index (Phi) is 4.06. The molecule has 0 radical (unpaired) electrons. The van der Waals surface area contributed by atoms with Crippen molar-refractivity contribution in [2.24, 2.45) is 7.05 Å². The molecule has 4 nitrogen and oxygen atoms in total. The highest BCUT2D eigenvalue weighted by atomic mass is 16.5. The highest BCUT2D eigenvalue weighted by Gasteiger charge is 2.17. The third-order valence-corrected chi connectivity index (χ3v) is 4.17. The minimum Gasteiger partial charge on any atom is -0.497 e. The lowest BCUT2D eigenvalue weighted by Gasteiger charge is -2.11. The number of aldehydes is 1. The van der Waals surface area contributed by atoms with Crippen LogP contribution in [0, 0.1) is 6.92 Å². The molecule has 0 amide bonds. The van der Waals surface area contributed by atoms with Gasteiger partial charge in [0, 0.05) is 30.4 Å². The maximum Gasteiger partial charge on any atom is 0.152 e. The minimum atomic E-state index is 0.440. The predicted molar refractivity (Wildman–Crippen MR) is 90.4 cm³/mol. The standard InChI is InChI=1S/C19H19NO3/c1-13-16(11-21)19-17(20(13)2)9-15(22-3)10-18(19)23-12-14-7-5-4-6-8-14/h4-11H,12H2,1-3H3. The molecule has 0 N–H and O–H groups in total. The van der Waals surface area contributed by atoms with Gasteiger partial charge in [0.2, 0.25) is 0 Å². The zero-order chi connectivity index (χ0) is 16.4. The molecule has 23 heavy (non-hydrogen) atoms. The van der Waals surface area contributed by atoms with Crippen LogP contribution in [0.15, 0.2) is 42.5 Å². The van der Waals surface area contributed by atoms with Gasteiger partial charge in [-0.25, -0.2) is 0 Å². The molecule has 1 heterocycles. The van der Waals surface area contributed by atoms with Crippen molar-refractivity contribution in [1.82, 2.24) is 4.57 Å². The number of rotatable bonds is 5. The van der Waals surface area contributed by atoms with Crippen LogP contribution >= 0.6 is 0 Å². The minimum absolute atomic E-state index is 0.440. The number of methoxy groups -OCH3 is 1. The van der Waals surface area contributed by atoms with E-state index in [0.29, 0.717) is 23.7 Å². The average molecular weight is 309 g/mol. The van der Waals surface area contributed by atoms with Gasteiger partial charge in [0.1, 0.15) is 18.1 Å². The van der Waals surface area contributed by atoms with Crippen molar-refractivity contribution in [2.45, 2.75) is 13.5 Å². The number of ether oxygens (including phenoxy) is 2. The normalized spacial score (nSPS) is 10.7. The van der Waals surface area contributed by atoms with Crippen LogP contribution in [0.25, 0.3) is 10.9 Å². The Morgan fingerprint density at radius 3 is 2.57 bits per heavy atom. The molecule has 0 aliphatic heterocycles. The van der Waals surface area contributed by atoms with Crippen LogP contribution in [0.3, 0.4) is 0 Å². The second-order valence-corrected chi connectivity index (χ2v) is 5.47. The van der Waals surface area contributed by atoms with Crippen molar-refractivity contribution in [3.8, 4) is 11.5 Å². The van der Waals surface area contributed by atoms with E-state index in [1.807, 2.05) is 61.0 Å². The smallest absolute Gasteiger partial charge is 0.152 e. The highest BCUT2D eigenvalue weighted by Crippen LogP contribution is 2.36. The van der Waals surface area contributed by atoms with Crippen molar-refractivity contribution in [3.63, 3.8) is 0 Å². The van der Waals surface area contributed by atoms with Crippen LogP contribution in [-0.4, -0.2) is 18.0 Å². The fourth-order valence-corrected chi connectivity index (χ4v) is 2.76. The first-order chi connectivity index (χ1) is 11.2. The van der Waals surface area contributed by atoms with Gasteiger partial charge in [-0.05, 0) is 12.5 Å². The van der Waals surface area contributed by atoms with E-state index in [1.165, 1.54) is 0 Å². The topological polar surface area (TPSA) is 40.5 Å². The number of hydrogen-bond donors (Lipinski definition) is 0. The summed E-state index contributed by atoms with van der Waals surface area (Å²) in [4.78, 5) is 11.5. The molecule has 0 atom stereocenters. The molecule has 0 bridgehead atoms. The number of aryl methyl sites for hydroxylation is 1.